The Morgan fingerprint density at radius 2 is 2.31 bits per heavy atom. The van der Waals surface area contributed by atoms with Gasteiger partial charge in [-0.05, 0) is 12.8 Å². The molecule has 1 fully saturated rings. The minimum absolute atomic E-state index is 0.0393. The highest BCUT2D eigenvalue weighted by Crippen LogP contribution is 2.25. The fourth-order valence-electron chi connectivity index (χ4n) is 1.48. The van der Waals surface area contributed by atoms with E-state index in [-0.39, 0.29) is 18.0 Å². The van der Waals surface area contributed by atoms with Crippen LogP contribution in [0.15, 0.2) is 12.4 Å². The maximum Gasteiger partial charge on any atom is 0.338 e. The number of carboxylic acids is 1. The van der Waals surface area contributed by atoms with Crippen LogP contribution in [-0.4, -0.2) is 44.8 Å². The average molecular weight is 223 g/mol. The van der Waals surface area contributed by atoms with Crippen molar-refractivity contribution >= 4 is 11.9 Å². The summed E-state index contributed by atoms with van der Waals surface area (Å²) in [6, 6.07) is 0.363. The number of likely N-dealkylation sites (N-methyl/N-ethyl adjacent to an activating group) is 1. The van der Waals surface area contributed by atoms with E-state index in [0.717, 1.165) is 12.8 Å². The van der Waals surface area contributed by atoms with Crippen molar-refractivity contribution in [2.75, 3.05) is 7.05 Å². The van der Waals surface area contributed by atoms with Crippen molar-refractivity contribution < 1.29 is 14.7 Å². The van der Waals surface area contributed by atoms with Gasteiger partial charge in [-0.1, -0.05) is 0 Å². The van der Waals surface area contributed by atoms with E-state index in [1.54, 1.807) is 11.9 Å². The van der Waals surface area contributed by atoms with E-state index in [4.69, 9.17) is 5.11 Å². The first kappa shape index (κ1) is 10.7. The number of carboxylic acid groups (broad SMARTS) is 1. The van der Waals surface area contributed by atoms with E-state index in [9.17, 15) is 9.59 Å². The highest BCUT2D eigenvalue weighted by molar-refractivity contribution is 5.87. The van der Waals surface area contributed by atoms with E-state index in [0.29, 0.717) is 6.04 Å². The van der Waals surface area contributed by atoms with Crippen LogP contribution >= 0.6 is 0 Å². The molecule has 6 nitrogen and oxygen atoms in total. The summed E-state index contributed by atoms with van der Waals surface area (Å²) in [6.07, 6.45) is 4.72. The van der Waals surface area contributed by atoms with Crippen molar-refractivity contribution in [3.63, 3.8) is 0 Å². The van der Waals surface area contributed by atoms with Gasteiger partial charge >= 0.3 is 5.97 Å². The van der Waals surface area contributed by atoms with Crippen LogP contribution in [0.4, 0.5) is 0 Å². The third-order valence-electron chi connectivity index (χ3n) is 2.67. The lowest BCUT2D eigenvalue weighted by Crippen LogP contribution is -2.32. The SMILES string of the molecule is CN(C(=O)Cn1cc(C(=O)O)cn1)C1CC1. The summed E-state index contributed by atoms with van der Waals surface area (Å²) in [6.45, 7) is 0.0975. The standard InChI is InChI=1S/C10H13N3O3/c1-12(8-2-3-8)9(14)6-13-5-7(4-11-13)10(15)16/h4-5,8H,2-3,6H2,1H3,(H,15,16). The Hall–Kier alpha value is -1.85. The van der Waals surface area contributed by atoms with Crippen molar-refractivity contribution in [3.8, 4) is 0 Å². The minimum Gasteiger partial charge on any atom is -0.478 e. The fraction of sp³-hybridized carbons (Fsp3) is 0.500. The predicted molar refractivity (Wildman–Crippen MR) is 55.0 cm³/mol. The summed E-state index contributed by atoms with van der Waals surface area (Å²) in [5, 5.41) is 12.5. The van der Waals surface area contributed by atoms with Crippen molar-refractivity contribution in [2.45, 2.75) is 25.4 Å². The monoisotopic (exact) mass is 223 g/mol. The second-order valence-electron chi connectivity index (χ2n) is 3.97. The molecule has 1 aromatic heterocycles. The van der Waals surface area contributed by atoms with Gasteiger partial charge in [0.25, 0.3) is 0 Å². The topological polar surface area (TPSA) is 75.4 Å². The van der Waals surface area contributed by atoms with Crippen molar-refractivity contribution in [1.29, 1.82) is 0 Å². The maximum absolute atomic E-state index is 11.7. The quantitative estimate of drug-likeness (QED) is 0.791. The number of aromatic carboxylic acids is 1. The normalized spacial score (nSPS) is 14.8. The van der Waals surface area contributed by atoms with Gasteiger partial charge in [-0.15, -0.1) is 0 Å². The van der Waals surface area contributed by atoms with Crippen LogP contribution in [0.25, 0.3) is 0 Å². The molecule has 0 unspecified atom stereocenters. The first-order valence-corrected chi connectivity index (χ1v) is 5.09. The Bertz CT molecular complexity index is 423. The van der Waals surface area contributed by atoms with E-state index in [1.807, 2.05) is 0 Å². The number of amides is 1. The Kier molecular flexibility index (Phi) is 2.64. The van der Waals surface area contributed by atoms with Crippen LogP contribution in [0.2, 0.25) is 0 Å². The Morgan fingerprint density at radius 1 is 1.62 bits per heavy atom. The van der Waals surface area contributed by atoms with E-state index >= 15 is 0 Å². The molecule has 0 spiro atoms. The van der Waals surface area contributed by atoms with Gasteiger partial charge in [0.1, 0.15) is 6.54 Å². The molecule has 1 amide bonds. The van der Waals surface area contributed by atoms with Crippen LogP contribution in [0, 0.1) is 0 Å². The molecule has 0 saturated heterocycles. The lowest BCUT2D eigenvalue weighted by Gasteiger charge is -2.15. The predicted octanol–water partition coefficient (Wildman–Crippen LogP) is 0.202. The molecule has 1 N–H and O–H groups in total. The molecular formula is C10H13N3O3. The first-order chi connectivity index (χ1) is 7.58. The van der Waals surface area contributed by atoms with Gasteiger partial charge in [0.2, 0.25) is 5.91 Å². The van der Waals surface area contributed by atoms with Gasteiger partial charge in [0.15, 0.2) is 0 Å². The average Bonchev–Trinajstić information content (AvgIpc) is 2.97. The number of rotatable bonds is 4. The summed E-state index contributed by atoms with van der Waals surface area (Å²) >= 11 is 0. The smallest absolute Gasteiger partial charge is 0.338 e. The molecule has 6 heteroatoms. The summed E-state index contributed by atoms with van der Waals surface area (Å²) in [4.78, 5) is 24.0. The van der Waals surface area contributed by atoms with E-state index in [2.05, 4.69) is 5.10 Å². The molecule has 0 bridgehead atoms. The van der Waals surface area contributed by atoms with Crippen molar-refractivity contribution in [1.82, 2.24) is 14.7 Å². The third kappa shape index (κ3) is 2.21. The maximum atomic E-state index is 11.7. The molecule has 1 aromatic rings. The van der Waals surface area contributed by atoms with Crippen LogP contribution in [0.5, 0.6) is 0 Å². The van der Waals surface area contributed by atoms with E-state index in [1.165, 1.54) is 17.1 Å². The highest BCUT2D eigenvalue weighted by atomic mass is 16.4. The summed E-state index contributed by atoms with van der Waals surface area (Å²) in [5.74, 6) is -1.07. The van der Waals surface area contributed by atoms with Crippen LogP contribution in [-0.2, 0) is 11.3 Å². The molecule has 16 heavy (non-hydrogen) atoms. The zero-order valence-electron chi connectivity index (χ0n) is 8.96. The summed E-state index contributed by atoms with van der Waals surface area (Å²) in [5.41, 5.74) is 0.0990. The second-order valence-corrected chi connectivity index (χ2v) is 3.97. The number of aromatic nitrogens is 2. The Morgan fingerprint density at radius 3 is 2.81 bits per heavy atom. The molecule has 1 saturated carbocycles. The van der Waals surface area contributed by atoms with Crippen LogP contribution < -0.4 is 0 Å². The lowest BCUT2D eigenvalue weighted by atomic mass is 10.4. The number of hydrogen-bond donors (Lipinski definition) is 1. The third-order valence-corrected chi connectivity index (χ3v) is 2.67. The molecule has 2 rings (SSSR count). The highest BCUT2D eigenvalue weighted by Gasteiger charge is 2.29. The first-order valence-electron chi connectivity index (χ1n) is 5.09. The van der Waals surface area contributed by atoms with Crippen molar-refractivity contribution in [3.05, 3.63) is 18.0 Å². The van der Waals surface area contributed by atoms with Gasteiger partial charge in [-0.2, -0.15) is 5.10 Å². The molecule has 1 heterocycles. The largest absolute Gasteiger partial charge is 0.478 e. The molecule has 86 valence electrons. The van der Waals surface area contributed by atoms with Gasteiger partial charge in [-0.25, -0.2) is 4.79 Å². The van der Waals surface area contributed by atoms with Crippen LogP contribution in [0.3, 0.4) is 0 Å². The van der Waals surface area contributed by atoms with Crippen LogP contribution in [0.1, 0.15) is 23.2 Å². The number of nitrogens with zero attached hydrogens (tertiary/aromatic N) is 3. The molecule has 0 aromatic carbocycles. The Balaban J connectivity index is 1.97. The number of carbonyl (C=O) groups excluding carboxylic acids is 1. The second kappa shape index (κ2) is 3.96. The number of carbonyl (C=O) groups is 2. The lowest BCUT2D eigenvalue weighted by molar-refractivity contribution is -0.131. The Labute approximate surface area is 92.5 Å². The summed E-state index contributed by atoms with van der Waals surface area (Å²) in [7, 11) is 1.77. The summed E-state index contributed by atoms with van der Waals surface area (Å²) < 4.78 is 1.35. The van der Waals surface area contributed by atoms with E-state index < -0.39 is 5.97 Å². The zero-order chi connectivity index (χ0) is 11.7. The molecule has 0 aliphatic heterocycles. The van der Waals surface area contributed by atoms with Gasteiger partial charge < -0.3 is 10.0 Å². The zero-order valence-corrected chi connectivity index (χ0v) is 8.96. The number of hydrogen-bond acceptors (Lipinski definition) is 3. The van der Waals surface area contributed by atoms with Gasteiger partial charge in [0.05, 0.1) is 11.8 Å². The van der Waals surface area contributed by atoms with Gasteiger partial charge in [-0.3, -0.25) is 9.48 Å². The fourth-order valence-corrected chi connectivity index (χ4v) is 1.48. The van der Waals surface area contributed by atoms with Crippen molar-refractivity contribution in [2.24, 2.45) is 0 Å². The molecule has 1 aliphatic rings. The molecule has 0 radical (unpaired) electrons. The van der Waals surface area contributed by atoms with Gasteiger partial charge in [0, 0.05) is 19.3 Å². The minimum atomic E-state index is -1.03. The molecular weight excluding hydrogens is 210 g/mol. The molecule has 0 atom stereocenters. The molecule has 1 aliphatic carbocycles.